The number of carbonyl (C=O) groups excluding carboxylic acids is 1. The molecule has 4 aromatic rings. The van der Waals surface area contributed by atoms with Crippen LogP contribution in [0.5, 0.6) is 0 Å². The lowest BCUT2D eigenvalue weighted by Gasteiger charge is -2.35. The second kappa shape index (κ2) is 10.8. The Morgan fingerprint density at radius 3 is 2.68 bits per heavy atom. The van der Waals surface area contributed by atoms with Crippen LogP contribution in [0.15, 0.2) is 72.4 Å². The molecule has 2 aromatic heterocycles. The molecule has 0 aliphatic carbocycles. The van der Waals surface area contributed by atoms with Gasteiger partial charge in [0, 0.05) is 55.0 Å². The van der Waals surface area contributed by atoms with Gasteiger partial charge in [-0.25, -0.2) is 4.98 Å². The summed E-state index contributed by atoms with van der Waals surface area (Å²) in [7, 11) is 2.11. The van der Waals surface area contributed by atoms with E-state index < -0.39 is 5.56 Å². The largest absolute Gasteiger partial charge is 0.392 e. The van der Waals surface area contributed by atoms with Gasteiger partial charge in [0.15, 0.2) is 5.65 Å². The number of aliphatic hydroxyl groups excluding tert-OH is 1. The highest BCUT2D eigenvalue weighted by Gasteiger charge is 2.17. The van der Waals surface area contributed by atoms with E-state index in [1.165, 1.54) is 18.6 Å². The minimum Gasteiger partial charge on any atom is -0.392 e. The quantitative estimate of drug-likeness (QED) is 0.320. The smallest absolute Gasteiger partial charge is 0.283 e. The number of aliphatic hydroxyl groups is 1. The van der Waals surface area contributed by atoms with E-state index in [2.05, 4.69) is 49.0 Å². The summed E-state index contributed by atoms with van der Waals surface area (Å²) < 4.78 is 1.66. The summed E-state index contributed by atoms with van der Waals surface area (Å²) >= 11 is 0. The summed E-state index contributed by atoms with van der Waals surface area (Å²) in [4.78, 5) is 41.6. The summed E-state index contributed by atoms with van der Waals surface area (Å²) in [5.74, 6) is -0.0519. The van der Waals surface area contributed by atoms with E-state index in [1.54, 1.807) is 22.8 Å². The Morgan fingerprint density at radius 2 is 1.92 bits per heavy atom. The number of hydrogen-bond acceptors (Lipinski definition) is 9. The highest BCUT2D eigenvalue weighted by molar-refractivity contribution is 5.99. The van der Waals surface area contributed by atoms with Gasteiger partial charge < -0.3 is 25.5 Å². The molecule has 0 radical (unpaired) electrons. The summed E-state index contributed by atoms with van der Waals surface area (Å²) in [6.45, 7) is 7.10. The zero-order chi connectivity index (χ0) is 26.6. The number of likely N-dealkylation sites (N-methyl/N-ethyl adjacent to an activating group) is 1. The summed E-state index contributed by atoms with van der Waals surface area (Å²) in [5.41, 5.74) is 3.64. The van der Waals surface area contributed by atoms with Crippen molar-refractivity contribution in [2.45, 2.75) is 6.61 Å². The molecule has 0 saturated carbocycles. The predicted octanol–water partition coefficient (Wildman–Crippen LogP) is 2.29. The molecule has 3 heterocycles. The second-order valence-electron chi connectivity index (χ2n) is 9.01. The molecule has 11 nitrogen and oxygen atoms in total. The highest BCUT2D eigenvalue weighted by atomic mass is 16.3. The van der Waals surface area contributed by atoms with Crippen LogP contribution in [0.25, 0.3) is 16.7 Å². The molecule has 11 heteroatoms. The monoisotopic (exact) mass is 512 g/mol. The first-order valence-corrected chi connectivity index (χ1v) is 12.2. The lowest BCUT2D eigenvalue weighted by molar-refractivity contribution is -0.111. The Labute approximate surface area is 219 Å². The third-order valence-corrected chi connectivity index (χ3v) is 6.44. The fourth-order valence-corrected chi connectivity index (χ4v) is 4.39. The van der Waals surface area contributed by atoms with Gasteiger partial charge in [0.05, 0.1) is 12.3 Å². The van der Waals surface area contributed by atoms with Gasteiger partial charge in [-0.1, -0.05) is 12.6 Å². The van der Waals surface area contributed by atoms with Crippen LogP contribution in [0.3, 0.4) is 0 Å². The number of amides is 1. The van der Waals surface area contributed by atoms with E-state index in [0.29, 0.717) is 22.7 Å². The van der Waals surface area contributed by atoms with Crippen LogP contribution in [-0.2, 0) is 11.4 Å². The van der Waals surface area contributed by atoms with Gasteiger partial charge in [-0.15, -0.1) is 0 Å². The third-order valence-electron chi connectivity index (χ3n) is 6.44. The van der Waals surface area contributed by atoms with E-state index in [9.17, 15) is 14.7 Å². The number of nitrogens with zero attached hydrogens (tertiary/aromatic N) is 6. The van der Waals surface area contributed by atoms with Crippen molar-refractivity contribution >= 4 is 40.0 Å². The summed E-state index contributed by atoms with van der Waals surface area (Å²) in [6, 6.07) is 12.9. The maximum atomic E-state index is 12.4. The van der Waals surface area contributed by atoms with Crippen molar-refractivity contribution < 1.29 is 9.90 Å². The second-order valence-corrected chi connectivity index (χ2v) is 9.01. The number of benzene rings is 2. The van der Waals surface area contributed by atoms with Crippen LogP contribution in [0.1, 0.15) is 5.56 Å². The van der Waals surface area contributed by atoms with Crippen LogP contribution in [0, 0.1) is 0 Å². The third kappa shape index (κ3) is 5.24. The standard InChI is InChI=1S/C27H28N8O3/c1-3-24(37)30-19-5-4-6-21(14-19)35-17-29-26(38)22-15-28-27(32-25(22)35)31-20-7-8-23(18(13-20)16-36)34-11-9-33(2)10-12-34/h3-8,13-15,17,36H,1,9-12,16H2,2H3,(H,30,37)(H,28,31,32). The number of hydrogen-bond donors (Lipinski definition) is 3. The molecule has 38 heavy (non-hydrogen) atoms. The van der Waals surface area contributed by atoms with Gasteiger partial charge in [0.1, 0.15) is 11.7 Å². The van der Waals surface area contributed by atoms with E-state index in [-0.39, 0.29) is 23.8 Å². The van der Waals surface area contributed by atoms with Gasteiger partial charge in [-0.2, -0.15) is 9.97 Å². The molecule has 1 aliphatic rings. The lowest BCUT2D eigenvalue weighted by atomic mass is 10.1. The van der Waals surface area contributed by atoms with Gasteiger partial charge in [-0.05, 0) is 49.5 Å². The van der Waals surface area contributed by atoms with E-state index in [4.69, 9.17) is 0 Å². The number of piperazine rings is 1. The molecule has 194 valence electrons. The van der Waals surface area contributed by atoms with Crippen molar-refractivity contribution in [3.63, 3.8) is 0 Å². The molecule has 0 atom stereocenters. The Balaban J connectivity index is 1.47. The van der Waals surface area contributed by atoms with Crippen molar-refractivity contribution in [2.75, 3.05) is 48.8 Å². The minimum absolute atomic E-state index is 0.0975. The molecule has 1 aliphatic heterocycles. The van der Waals surface area contributed by atoms with Gasteiger partial charge in [0.2, 0.25) is 11.9 Å². The average molecular weight is 513 g/mol. The zero-order valence-corrected chi connectivity index (χ0v) is 21.0. The van der Waals surface area contributed by atoms with Crippen LogP contribution in [0.2, 0.25) is 0 Å². The molecule has 2 aromatic carbocycles. The first-order valence-electron chi connectivity index (χ1n) is 12.2. The van der Waals surface area contributed by atoms with Crippen LogP contribution >= 0.6 is 0 Å². The fraction of sp³-hybridized carbons (Fsp3) is 0.222. The number of aromatic nitrogens is 4. The van der Waals surface area contributed by atoms with Crippen molar-refractivity contribution in [3.8, 4) is 5.69 Å². The first-order chi connectivity index (χ1) is 18.4. The Hall–Kier alpha value is -4.61. The first kappa shape index (κ1) is 25.1. The highest BCUT2D eigenvalue weighted by Crippen LogP contribution is 2.27. The van der Waals surface area contributed by atoms with Gasteiger partial charge in [0.25, 0.3) is 5.56 Å². The molecule has 1 fully saturated rings. The Kier molecular flexibility index (Phi) is 7.11. The number of anilines is 4. The maximum absolute atomic E-state index is 12.4. The minimum atomic E-state index is -0.446. The van der Waals surface area contributed by atoms with Crippen LogP contribution < -0.4 is 21.1 Å². The summed E-state index contributed by atoms with van der Waals surface area (Å²) in [5, 5.41) is 16.2. The van der Waals surface area contributed by atoms with Crippen LogP contribution in [-0.4, -0.2) is 68.7 Å². The zero-order valence-electron chi connectivity index (χ0n) is 21.0. The van der Waals surface area contributed by atoms with E-state index in [0.717, 1.165) is 37.4 Å². The number of nitrogens with one attached hydrogen (secondary N) is 2. The Morgan fingerprint density at radius 1 is 1.11 bits per heavy atom. The molecule has 0 unspecified atom stereocenters. The van der Waals surface area contributed by atoms with Gasteiger partial charge in [-0.3, -0.25) is 14.2 Å². The molecule has 1 saturated heterocycles. The molecule has 5 rings (SSSR count). The van der Waals surface area contributed by atoms with Crippen LogP contribution in [0.4, 0.5) is 23.0 Å². The predicted molar refractivity (Wildman–Crippen MR) is 147 cm³/mol. The summed E-state index contributed by atoms with van der Waals surface area (Å²) in [6.07, 6.45) is 4.02. The number of rotatable bonds is 7. The fourth-order valence-electron chi connectivity index (χ4n) is 4.39. The van der Waals surface area contributed by atoms with Gasteiger partial charge >= 0.3 is 0 Å². The van der Waals surface area contributed by atoms with Crippen molar-refractivity contribution in [1.82, 2.24) is 24.4 Å². The number of carbonyl (C=O) groups is 1. The molecule has 0 bridgehead atoms. The molecule has 0 spiro atoms. The maximum Gasteiger partial charge on any atom is 0.283 e. The molecule has 1 amide bonds. The normalized spacial score (nSPS) is 13.9. The van der Waals surface area contributed by atoms with Crippen molar-refractivity contribution in [2.24, 2.45) is 0 Å². The SMILES string of the molecule is C=CC(=O)Nc1cccc(-n2cnc(=O)c3cnc(Nc4ccc(N5CCN(C)CC5)c(CO)c4)nc32)c1. The molecular weight excluding hydrogens is 484 g/mol. The average Bonchev–Trinajstić information content (AvgIpc) is 2.94. The lowest BCUT2D eigenvalue weighted by Crippen LogP contribution is -2.44. The van der Waals surface area contributed by atoms with Crippen molar-refractivity contribution in [1.29, 1.82) is 0 Å². The van der Waals surface area contributed by atoms with E-state index in [1.807, 2.05) is 24.3 Å². The topological polar surface area (TPSA) is 129 Å². The van der Waals surface area contributed by atoms with Crippen molar-refractivity contribution in [3.05, 3.63) is 83.6 Å². The van der Waals surface area contributed by atoms with E-state index >= 15 is 0 Å². The molecular formula is C27H28N8O3. The Bertz CT molecular complexity index is 1560. The number of fused-ring (bicyclic) bond motifs is 1. The molecule has 3 N–H and O–H groups in total.